The number of aliphatic hydroxyl groups excluding tert-OH is 1. The summed E-state index contributed by atoms with van der Waals surface area (Å²) in [5, 5.41) is 10.1. The number of ether oxygens (including phenoxy) is 1. The van der Waals surface area contributed by atoms with Crippen LogP contribution in [0.1, 0.15) is 50.5 Å². The van der Waals surface area contributed by atoms with E-state index in [-0.39, 0.29) is 18.1 Å². The Morgan fingerprint density at radius 2 is 2.17 bits per heavy atom. The number of aromatic nitrogens is 1. The number of fused-ring (bicyclic) bond motifs is 1. The Kier molecular flexibility index (Phi) is 4.60. The predicted molar refractivity (Wildman–Crippen MR) is 89.8 cm³/mol. The molecule has 23 heavy (non-hydrogen) atoms. The third kappa shape index (κ3) is 3.21. The molecule has 0 spiro atoms. The average Bonchev–Trinajstić information content (AvgIpc) is 3.12. The van der Waals surface area contributed by atoms with E-state index in [1.165, 1.54) is 0 Å². The van der Waals surface area contributed by atoms with Gasteiger partial charge in [-0.05, 0) is 44.0 Å². The first kappa shape index (κ1) is 16.3. The van der Waals surface area contributed by atoms with Gasteiger partial charge in [0.05, 0.1) is 13.2 Å². The van der Waals surface area contributed by atoms with Crippen LogP contribution in [0.15, 0.2) is 16.5 Å². The van der Waals surface area contributed by atoms with Crippen LogP contribution in [0.4, 0.5) is 0 Å². The van der Waals surface area contributed by atoms with Crippen molar-refractivity contribution < 1.29 is 14.3 Å². The standard InChI is InChI=1S/C18H26N2O3/c1-11(2)18-19-13-8-12(9-16(22-4)17(13)23-18)10-20(3)14-6-5-7-15(14)21/h8-9,11,14-15,21H,5-7,10H2,1-4H3/t14-,15+/m0/s1. The molecule has 1 fully saturated rings. The quantitative estimate of drug-likeness (QED) is 0.916. The molecule has 5 heteroatoms. The fourth-order valence-corrected chi connectivity index (χ4v) is 3.40. The van der Waals surface area contributed by atoms with E-state index in [0.717, 1.165) is 48.5 Å². The van der Waals surface area contributed by atoms with Crippen LogP contribution in [0.3, 0.4) is 0 Å². The minimum absolute atomic E-state index is 0.217. The van der Waals surface area contributed by atoms with Crippen molar-refractivity contribution in [1.29, 1.82) is 0 Å². The molecule has 5 nitrogen and oxygen atoms in total. The summed E-state index contributed by atoms with van der Waals surface area (Å²) in [5.74, 6) is 1.69. The molecule has 0 unspecified atom stereocenters. The molecule has 3 rings (SSSR count). The minimum atomic E-state index is -0.217. The number of hydrogen-bond donors (Lipinski definition) is 1. The van der Waals surface area contributed by atoms with E-state index < -0.39 is 0 Å². The molecule has 1 aliphatic carbocycles. The highest BCUT2D eigenvalue weighted by atomic mass is 16.5. The average molecular weight is 318 g/mol. The maximum absolute atomic E-state index is 10.1. The van der Waals surface area contributed by atoms with Crippen molar-refractivity contribution in [2.75, 3.05) is 14.2 Å². The molecule has 1 heterocycles. The van der Waals surface area contributed by atoms with E-state index in [4.69, 9.17) is 9.15 Å². The molecule has 0 aliphatic heterocycles. The van der Waals surface area contributed by atoms with E-state index in [2.05, 4.69) is 36.8 Å². The van der Waals surface area contributed by atoms with Crippen molar-refractivity contribution in [1.82, 2.24) is 9.88 Å². The second-order valence-corrected chi connectivity index (χ2v) is 6.83. The van der Waals surface area contributed by atoms with Crippen LogP contribution < -0.4 is 4.74 Å². The number of benzene rings is 1. The van der Waals surface area contributed by atoms with Crippen molar-refractivity contribution in [3.63, 3.8) is 0 Å². The number of aliphatic hydroxyl groups is 1. The number of hydrogen-bond acceptors (Lipinski definition) is 5. The molecule has 0 bridgehead atoms. The Labute approximate surface area is 137 Å². The Morgan fingerprint density at radius 1 is 1.39 bits per heavy atom. The summed E-state index contributed by atoms with van der Waals surface area (Å²) in [6.07, 6.45) is 2.83. The third-order valence-corrected chi connectivity index (χ3v) is 4.69. The van der Waals surface area contributed by atoms with Crippen molar-refractivity contribution in [3.05, 3.63) is 23.6 Å². The fraction of sp³-hybridized carbons (Fsp3) is 0.611. The third-order valence-electron chi connectivity index (χ3n) is 4.69. The number of likely N-dealkylation sites (N-methyl/N-ethyl adjacent to an activating group) is 1. The highest BCUT2D eigenvalue weighted by Crippen LogP contribution is 2.32. The van der Waals surface area contributed by atoms with Gasteiger partial charge < -0.3 is 14.3 Å². The maximum Gasteiger partial charge on any atom is 0.198 e. The van der Waals surface area contributed by atoms with Crippen molar-refractivity contribution in [2.45, 2.75) is 57.7 Å². The van der Waals surface area contributed by atoms with Gasteiger partial charge in [0.1, 0.15) is 5.52 Å². The van der Waals surface area contributed by atoms with Crippen LogP contribution in [0.5, 0.6) is 5.75 Å². The molecule has 0 radical (unpaired) electrons. The van der Waals surface area contributed by atoms with Gasteiger partial charge in [-0.2, -0.15) is 0 Å². The van der Waals surface area contributed by atoms with Crippen molar-refractivity contribution in [2.24, 2.45) is 0 Å². The van der Waals surface area contributed by atoms with E-state index in [0.29, 0.717) is 5.58 Å². The van der Waals surface area contributed by atoms with Gasteiger partial charge in [-0.25, -0.2) is 4.98 Å². The van der Waals surface area contributed by atoms with Crippen LogP contribution >= 0.6 is 0 Å². The van der Waals surface area contributed by atoms with Crippen molar-refractivity contribution >= 4 is 11.1 Å². The van der Waals surface area contributed by atoms with Crippen LogP contribution in [-0.4, -0.2) is 41.3 Å². The summed E-state index contributed by atoms with van der Waals surface area (Å²) in [5.41, 5.74) is 2.67. The molecule has 0 amide bonds. The van der Waals surface area contributed by atoms with E-state index in [9.17, 15) is 5.11 Å². The molecule has 1 aliphatic rings. The van der Waals surface area contributed by atoms with Gasteiger partial charge in [-0.3, -0.25) is 4.90 Å². The minimum Gasteiger partial charge on any atom is -0.493 e. The summed E-state index contributed by atoms with van der Waals surface area (Å²) in [7, 11) is 3.72. The molecule has 2 aromatic rings. The maximum atomic E-state index is 10.1. The van der Waals surface area contributed by atoms with Crippen molar-refractivity contribution in [3.8, 4) is 5.75 Å². The number of oxazole rings is 1. The van der Waals surface area contributed by atoms with Gasteiger partial charge in [-0.15, -0.1) is 0 Å². The van der Waals surface area contributed by atoms with Gasteiger partial charge in [0, 0.05) is 18.5 Å². The highest BCUT2D eigenvalue weighted by Gasteiger charge is 2.28. The molecule has 1 N–H and O–H groups in total. The fourth-order valence-electron chi connectivity index (χ4n) is 3.40. The lowest BCUT2D eigenvalue weighted by atomic mass is 10.1. The molecule has 1 aromatic heterocycles. The first-order chi connectivity index (χ1) is 11.0. The Balaban J connectivity index is 1.88. The summed E-state index contributed by atoms with van der Waals surface area (Å²) in [6, 6.07) is 4.31. The molecule has 126 valence electrons. The first-order valence-corrected chi connectivity index (χ1v) is 8.35. The lowest BCUT2D eigenvalue weighted by molar-refractivity contribution is 0.0825. The van der Waals surface area contributed by atoms with E-state index >= 15 is 0 Å². The van der Waals surface area contributed by atoms with Crippen LogP contribution in [0, 0.1) is 0 Å². The van der Waals surface area contributed by atoms with Crippen LogP contribution in [0.25, 0.3) is 11.1 Å². The van der Waals surface area contributed by atoms with E-state index in [1.807, 2.05) is 6.07 Å². The van der Waals surface area contributed by atoms with Crippen LogP contribution in [0.2, 0.25) is 0 Å². The van der Waals surface area contributed by atoms with Gasteiger partial charge in [0.2, 0.25) is 0 Å². The second kappa shape index (κ2) is 6.49. The zero-order valence-corrected chi connectivity index (χ0v) is 14.4. The molecule has 2 atom stereocenters. The number of rotatable bonds is 5. The summed E-state index contributed by atoms with van der Waals surface area (Å²) < 4.78 is 11.3. The highest BCUT2D eigenvalue weighted by molar-refractivity contribution is 5.80. The smallest absolute Gasteiger partial charge is 0.198 e. The van der Waals surface area contributed by atoms with E-state index in [1.54, 1.807) is 7.11 Å². The van der Waals surface area contributed by atoms with Gasteiger partial charge in [0.25, 0.3) is 0 Å². The topological polar surface area (TPSA) is 58.7 Å². The number of methoxy groups -OCH3 is 1. The summed E-state index contributed by atoms with van der Waals surface area (Å²) >= 11 is 0. The zero-order chi connectivity index (χ0) is 16.6. The normalized spacial score (nSPS) is 21.7. The lowest BCUT2D eigenvalue weighted by Crippen LogP contribution is -2.36. The molecular weight excluding hydrogens is 292 g/mol. The molecule has 0 saturated heterocycles. The zero-order valence-electron chi connectivity index (χ0n) is 14.4. The molecule has 1 saturated carbocycles. The number of nitrogens with zero attached hydrogens (tertiary/aromatic N) is 2. The Hall–Kier alpha value is -1.59. The SMILES string of the molecule is COc1cc(CN(C)[C@H]2CCC[C@H]2O)cc2nc(C(C)C)oc12. The predicted octanol–water partition coefficient (Wildman–Crippen LogP) is 3.31. The summed E-state index contributed by atoms with van der Waals surface area (Å²) in [4.78, 5) is 6.81. The second-order valence-electron chi connectivity index (χ2n) is 6.83. The Bertz CT molecular complexity index is 680. The van der Waals surface area contributed by atoms with Gasteiger partial charge in [-0.1, -0.05) is 13.8 Å². The van der Waals surface area contributed by atoms with Gasteiger partial charge >= 0.3 is 0 Å². The molecule has 1 aromatic carbocycles. The molecular formula is C18H26N2O3. The Morgan fingerprint density at radius 3 is 2.78 bits per heavy atom. The first-order valence-electron chi connectivity index (χ1n) is 8.35. The van der Waals surface area contributed by atoms with Crippen LogP contribution in [-0.2, 0) is 6.54 Å². The van der Waals surface area contributed by atoms with Gasteiger partial charge in [0.15, 0.2) is 17.2 Å². The lowest BCUT2D eigenvalue weighted by Gasteiger charge is -2.27. The largest absolute Gasteiger partial charge is 0.493 e. The monoisotopic (exact) mass is 318 g/mol. The summed E-state index contributed by atoms with van der Waals surface area (Å²) in [6.45, 7) is 4.89.